The van der Waals surface area contributed by atoms with Gasteiger partial charge >= 0.3 is 5.97 Å². The van der Waals surface area contributed by atoms with Crippen LogP contribution in [0.25, 0.3) is 11.1 Å². The van der Waals surface area contributed by atoms with E-state index in [1.165, 1.54) is 7.11 Å². The van der Waals surface area contributed by atoms with E-state index in [9.17, 15) is 10.1 Å². The first-order valence-electron chi connectivity index (χ1n) is 7.95. The van der Waals surface area contributed by atoms with Crippen molar-refractivity contribution >= 4 is 11.8 Å². The fourth-order valence-electron chi connectivity index (χ4n) is 3.27. The number of nitrogens with zero attached hydrogens (tertiary/aromatic N) is 2. The van der Waals surface area contributed by atoms with E-state index in [2.05, 4.69) is 18.0 Å². The van der Waals surface area contributed by atoms with E-state index in [4.69, 9.17) is 10.5 Å². The van der Waals surface area contributed by atoms with Crippen molar-refractivity contribution in [3.8, 4) is 17.2 Å². The minimum absolute atomic E-state index is 0.276. The summed E-state index contributed by atoms with van der Waals surface area (Å²) in [4.78, 5) is 16.1. The third-order valence-electron chi connectivity index (χ3n) is 4.54. The van der Waals surface area contributed by atoms with Crippen LogP contribution in [-0.2, 0) is 17.6 Å². The van der Waals surface area contributed by atoms with Crippen LogP contribution in [0, 0.1) is 17.2 Å². The Kier molecular flexibility index (Phi) is 4.22. The van der Waals surface area contributed by atoms with Crippen molar-refractivity contribution in [3.63, 3.8) is 0 Å². The van der Waals surface area contributed by atoms with Crippen LogP contribution in [0.3, 0.4) is 0 Å². The summed E-state index contributed by atoms with van der Waals surface area (Å²) in [5.41, 5.74) is 10.7. The standard InChI is InChI=1S/C19H19N3O2/c1-11-3-8-16-14(9-11)17(15(10-20)18(21)22-16)12-4-6-13(7-5-12)19(23)24-2/h4-7,11H,3,8-9H2,1-2H3,(H2,21,22)/t11-/m1/s1. The number of nitriles is 1. The van der Waals surface area contributed by atoms with E-state index in [1.807, 2.05) is 12.1 Å². The zero-order valence-electron chi connectivity index (χ0n) is 13.8. The molecule has 0 saturated heterocycles. The molecule has 0 saturated carbocycles. The van der Waals surface area contributed by atoms with Gasteiger partial charge in [0.15, 0.2) is 0 Å². The predicted molar refractivity (Wildman–Crippen MR) is 91.3 cm³/mol. The predicted octanol–water partition coefficient (Wildman–Crippen LogP) is 3.11. The molecule has 0 unspecified atom stereocenters. The molecule has 0 aliphatic heterocycles. The quantitative estimate of drug-likeness (QED) is 0.858. The fourth-order valence-corrected chi connectivity index (χ4v) is 3.27. The summed E-state index contributed by atoms with van der Waals surface area (Å²) in [7, 11) is 1.35. The zero-order chi connectivity index (χ0) is 17.3. The maximum absolute atomic E-state index is 11.6. The number of rotatable bonds is 2. The molecule has 0 spiro atoms. The van der Waals surface area contributed by atoms with E-state index in [0.717, 1.165) is 41.6 Å². The number of methoxy groups -OCH3 is 1. The minimum atomic E-state index is -0.382. The van der Waals surface area contributed by atoms with Gasteiger partial charge in [0, 0.05) is 11.3 Å². The lowest BCUT2D eigenvalue weighted by molar-refractivity contribution is 0.0601. The molecule has 1 aliphatic carbocycles. The van der Waals surface area contributed by atoms with Crippen LogP contribution in [0.5, 0.6) is 0 Å². The fraction of sp³-hybridized carbons (Fsp3) is 0.316. The van der Waals surface area contributed by atoms with E-state index in [0.29, 0.717) is 17.0 Å². The number of nitrogens with two attached hydrogens (primary N) is 1. The zero-order valence-corrected chi connectivity index (χ0v) is 13.8. The van der Waals surface area contributed by atoms with E-state index < -0.39 is 0 Å². The Labute approximate surface area is 141 Å². The maximum Gasteiger partial charge on any atom is 0.337 e. The number of anilines is 1. The number of nitrogen functional groups attached to an aromatic ring is 1. The van der Waals surface area contributed by atoms with Crippen LogP contribution >= 0.6 is 0 Å². The van der Waals surface area contributed by atoms with Gasteiger partial charge in [-0.05, 0) is 48.4 Å². The summed E-state index contributed by atoms with van der Waals surface area (Å²) in [5.74, 6) is 0.437. The van der Waals surface area contributed by atoms with E-state index >= 15 is 0 Å². The van der Waals surface area contributed by atoms with Gasteiger partial charge in [0.25, 0.3) is 0 Å². The lowest BCUT2D eigenvalue weighted by atomic mass is 9.82. The molecular weight excluding hydrogens is 302 g/mol. The molecule has 24 heavy (non-hydrogen) atoms. The Morgan fingerprint density at radius 1 is 1.38 bits per heavy atom. The normalized spacial score (nSPS) is 16.1. The van der Waals surface area contributed by atoms with Crippen molar-refractivity contribution < 1.29 is 9.53 Å². The first-order chi connectivity index (χ1) is 11.5. The summed E-state index contributed by atoms with van der Waals surface area (Å²) in [6.07, 6.45) is 2.83. The SMILES string of the molecule is COC(=O)c1ccc(-c2c(C#N)c(N)nc3c2C[C@H](C)CC3)cc1. The molecule has 1 aromatic heterocycles. The average molecular weight is 321 g/mol. The number of hydrogen-bond acceptors (Lipinski definition) is 5. The summed E-state index contributed by atoms with van der Waals surface area (Å²) < 4.78 is 4.73. The molecule has 0 amide bonds. The Morgan fingerprint density at radius 2 is 2.08 bits per heavy atom. The number of carbonyl (C=O) groups excluding carboxylic acids is 1. The number of benzene rings is 1. The second-order valence-electron chi connectivity index (χ2n) is 6.20. The molecule has 1 heterocycles. The second-order valence-corrected chi connectivity index (χ2v) is 6.20. The molecule has 122 valence electrons. The summed E-state index contributed by atoms with van der Waals surface area (Å²) in [5, 5.41) is 9.56. The first kappa shape index (κ1) is 16.0. The van der Waals surface area contributed by atoms with Crippen LogP contribution in [0.4, 0.5) is 5.82 Å². The van der Waals surface area contributed by atoms with E-state index in [-0.39, 0.29) is 11.8 Å². The van der Waals surface area contributed by atoms with E-state index in [1.54, 1.807) is 12.1 Å². The number of hydrogen-bond donors (Lipinski definition) is 1. The van der Waals surface area contributed by atoms with Crippen molar-refractivity contribution in [2.75, 3.05) is 12.8 Å². The van der Waals surface area contributed by atoms with Gasteiger partial charge < -0.3 is 10.5 Å². The van der Waals surface area contributed by atoms with Crippen LogP contribution in [0.2, 0.25) is 0 Å². The molecule has 0 radical (unpaired) electrons. The number of fused-ring (bicyclic) bond motifs is 1. The minimum Gasteiger partial charge on any atom is -0.465 e. The molecule has 3 rings (SSSR count). The molecular formula is C19H19N3O2. The molecule has 1 atom stereocenters. The summed E-state index contributed by atoms with van der Waals surface area (Å²) in [6, 6.07) is 9.28. The van der Waals surface area contributed by atoms with Crippen molar-refractivity contribution in [1.82, 2.24) is 4.98 Å². The van der Waals surface area contributed by atoms with Crippen LogP contribution in [0.1, 0.15) is 40.5 Å². The monoisotopic (exact) mass is 321 g/mol. The number of ether oxygens (including phenoxy) is 1. The van der Waals surface area contributed by atoms with Gasteiger partial charge in [-0.2, -0.15) is 5.26 Å². The van der Waals surface area contributed by atoms with Gasteiger partial charge in [-0.3, -0.25) is 0 Å². The van der Waals surface area contributed by atoms with Crippen LogP contribution < -0.4 is 5.73 Å². The molecule has 2 N–H and O–H groups in total. The molecule has 1 aliphatic rings. The number of aryl methyl sites for hydroxylation is 1. The summed E-state index contributed by atoms with van der Waals surface area (Å²) >= 11 is 0. The Hall–Kier alpha value is -2.87. The number of pyridine rings is 1. The molecule has 5 nitrogen and oxygen atoms in total. The Balaban J connectivity index is 2.18. The van der Waals surface area contributed by atoms with Crippen molar-refractivity contribution in [3.05, 3.63) is 46.6 Å². The Bertz CT molecular complexity index is 835. The lowest BCUT2D eigenvalue weighted by Crippen LogP contribution is -2.16. The molecule has 0 fully saturated rings. The van der Waals surface area contributed by atoms with Crippen molar-refractivity contribution in [1.29, 1.82) is 5.26 Å². The molecule has 2 aromatic rings. The molecule has 1 aromatic carbocycles. The molecule has 0 bridgehead atoms. The van der Waals surface area contributed by atoms with Gasteiger partial charge in [0.2, 0.25) is 0 Å². The van der Waals surface area contributed by atoms with Gasteiger partial charge in [0.1, 0.15) is 17.5 Å². The molecule has 5 heteroatoms. The second kappa shape index (κ2) is 6.32. The van der Waals surface area contributed by atoms with Gasteiger partial charge in [-0.25, -0.2) is 9.78 Å². The highest BCUT2D eigenvalue weighted by atomic mass is 16.5. The smallest absolute Gasteiger partial charge is 0.337 e. The topological polar surface area (TPSA) is 89.0 Å². The summed E-state index contributed by atoms with van der Waals surface area (Å²) in [6.45, 7) is 2.20. The lowest BCUT2D eigenvalue weighted by Gasteiger charge is -2.25. The third kappa shape index (κ3) is 2.71. The average Bonchev–Trinajstić information content (AvgIpc) is 2.60. The highest BCUT2D eigenvalue weighted by molar-refractivity contribution is 5.90. The third-order valence-corrected chi connectivity index (χ3v) is 4.54. The number of carbonyl (C=O) groups is 1. The maximum atomic E-state index is 11.6. The van der Waals surface area contributed by atoms with Gasteiger partial charge in [-0.1, -0.05) is 19.1 Å². The highest BCUT2D eigenvalue weighted by Crippen LogP contribution is 2.37. The van der Waals surface area contributed by atoms with Crippen molar-refractivity contribution in [2.24, 2.45) is 5.92 Å². The number of aromatic nitrogens is 1. The van der Waals surface area contributed by atoms with Gasteiger partial charge in [0.05, 0.1) is 12.7 Å². The van der Waals surface area contributed by atoms with Crippen LogP contribution in [0.15, 0.2) is 24.3 Å². The highest BCUT2D eigenvalue weighted by Gasteiger charge is 2.24. The Morgan fingerprint density at radius 3 is 2.71 bits per heavy atom. The largest absolute Gasteiger partial charge is 0.465 e. The van der Waals surface area contributed by atoms with Crippen molar-refractivity contribution in [2.45, 2.75) is 26.2 Å². The van der Waals surface area contributed by atoms with Crippen LogP contribution in [-0.4, -0.2) is 18.1 Å². The first-order valence-corrected chi connectivity index (χ1v) is 7.95. The van der Waals surface area contributed by atoms with Gasteiger partial charge in [-0.15, -0.1) is 0 Å². The number of esters is 1.